The predicted molar refractivity (Wildman–Crippen MR) is 78.5 cm³/mol. The van der Waals surface area contributed by atoms with Crippen LogP contribution in [0.15, 0.2) is 30.3 Å². The number of carbonyl (C=O) groups excluding carboxylic acids is 1. The smallest absolute Gasteiger partial charge is 0.224 e. The van der Waals surface area contributed by atoms with Gasteiger partial charge in [-0.2, -0.15) is 0 Å². The van der Waals surface area contributed by atoms with Gasteiger partial charge in [0.05, 0.1) is 12.0 Å². The third kappa shape index (κ3) is 3.21. The molecule has 2 aliphatic rings. The Balaban J connectivity index is 1.46. The van der Waals surface area contributed by atoms with E-state index in [9.17, 15) is 4.79 Å². The summed E-state index contributed by atoms with van der Waals surface area (Å²) in [6.45, 7) is 0.922. The van der Waals surface area contributed by atoms with Crippen molar-refractivity contribution < 1.29 is 9.53 Å². The van der Waals surface area contributed by atoms with E-state index in [2.05, 4.69) is 5.32 Å². The van der Waals surface area contributed by atoms with Gasteiger partial charge in [0.1, 0.15) is 0 Å². The Bertz CT molecular complexity index is 441. The van der Waals surface area contributed by atoms with Crippen molar-refractivity contribution in [2.75, 3.05) is 6.61 Å². The van der Waals surface area contributed by atoms with Gasteiger partial charge in [0.25, 0.3) is 0 Å². The third-order valence-electron chi connectivity index (χ3n) is 4.65. The molecule has 1 N–H and O–H groups in total. The van der Waals surface area contributed by atoms with E-state index in [-0.39, 0.29) is 11.5 Å². The standard InChI is InChI=1S/C17H23NO2/c19-16(13-14-5-2-1-3-6-14)18-15-7-10-17(11-8-15)9-4-12-20-17/h1-3,5-6,15H,4,7-13H2,(H,18,19). The average molecular weight is 273 g/mol. The van der Waals surface area contributed by atoms with Crippen molar-refractivity contribution in [3.8, 4) is 0 Å². The number of hydrogen-bond acceptors (Lipinski definition) is 2. The van der Waals surface area contributed by atoms with Crippen LogP contribution in [0.5, 0.6) is 0 Å². The van der Waals surface area contributed by atoms with Gasteiger partial charge in [-0.3, -0.25) is 4.79 Å². The van der Waals surface area contributed by atoms with E-state index in [0.717, 1.165) is 37.9 Å². The van der Waals surface area contributed by atoms with Crippen molar-refractivity contribution in [1.82, 2.24) is 5.32 Å². The summed E-state index contributed by atoms with van der Waals surface area (Å²) in [6.07, 6.45) is 7.20. The molecular formula is C17H23NO2. The molecule has 20 heavy (non-hydrogen) atoms. The van der Waals surface area contributed by atoms with Crippen LogP contribution in [-0.2, 0) is 16.0 Å². The lowest BCUT2D eigenvalue weighted by molar-refractivity contribution is -0.122. The van der Waals surface area contributed by atoms with Crippen LogP contribution < -0.4 is 5.32 Å². The lowest BCUT2D eigenvalue weighted by Crippen LogP contribution is -2.43. The van der Waals surface area contributed by atoms with Crippen LogP contribution >= 0.6 is 0 Å². The van der Waals surface area contributed by atoms with Gasteiger partial charge in [-0.1, -0.05) is 30.3 Å². The zero-order valence-electron chi connectivity index (χ0n) is 11.9. The van der Waals surface area contributed by atoms with E-state index in [1.165, 1.54) is 12.8 Å². The first kappa shape index (κ1) is 13.6. The Labute approximate surface area is 120 Å². The Kier molecular flexibility index (Phi) is 4.06. The molecule has 1 aromatic carbocycles. The molecule has 2 fully saturated rings. The fourth-order valence-electron chi connectivity index (χ4n) is 3.50. The van der Waals surface area contributed by atoms with Crippen LogP contribution in [-0.4, -0.2) is 24.2 Å². The normalized spacial score (nSPS) is 29.5. The van der Waals surface area contributed by atoms with Crippen molar-refractivity contribution in [2.24, 2.45) is 0 Å². The molecule has 3 heteroatoms. The number of hydrogen-bond donors (Lipinski definition) is 1. The molecule has 1 aromatic rings. The maximum atomic E-state index is 12.1. The van der Waals surface area contributed by atoms with Crippen LogP contribution in [0.4, 0.5) is 0 Å². The zero-order valence-corrected chi connectivity index (χ0v) is 11.9. The largest absolute Gasteiger partial charge is 0.375 e. The van der Waals surface area contributed by atoms with Crippen molar-refractivity contribution in [2.45, 2.75) is 56.6 Å². The second-order valence-corrected chi connectivity index (χ2v) is 6.14. The number of rotatable bonds is 3. The van der Waals surface area contributed by atoms with Gasteiger partial charge in [-0.05, 0) is 44.1 Å². The van der Waals surface area contributed by atoms with Gasteiger partial charge < -0.3 is 10.1 Å². The molecule has 108 valence electrons. The van der Waals surface area contributed by atoms with Gasteiger partial charge >= 0.3 is 0 Å². The zero-order chi connectivity index (χ0) is 13.8. The highest BCUT2D eigenvalue weighted by atomic mass is 16.5. The summed E-state index contributed by atoms with van der Waals surface area (Å²) in [5.74, 6) is 0.143. The molecule has 0 unspecified atom stereocenters. The van der Waals surface area contributed by atoms with Crippen molar-refractivity contribution in [1.29, 1.82) is 0 Å². The SMILES string of the molecule is O=C(Cc1ccccc1)NC1CCC2(CCCO2)CC1. The summed E-state index contributed by atoms with van der Waals surface area (Å²) in [6, 6.07) is 10.3. The first-order valence-corrected chi connectivity index (χ1v) is 7.73. The lowest BCUT2D eigenvalue weighted by atomic mass is 9.80. The molecule has 1 aliphatic heterocycles. The molecular weight excluding hydrogens is 250 g/mol. The second-order valence-electron chi connectivity index (χ2n) is 6.14. The number of amides is 1. The Morgan fingerprint density at radius 3 is 2.60 bits per heavy atom. The summed E-state index contributed by atoms with van der Waals surface area (Å²) in [5.41, 5.74) is 1.23. The first-order valence-electron chi connectivity index (χ1n) is 7.73. The highest BCUT2D eigenvalue weighted by Gasteiger charge is 2.38. The predicted octanol–water partition coefficient (Wildman–Crippen LogP) is 2.84. The van der Waals surface area contributed by atoms with Crippen LogP contribution in [0.2, 0.25) is 0 Å². The van der Waals surface area contributed by atoms with Gasteiger partial charge in [-0.25, -0.2) is 0 Å². The molecule has 1 heterocycles. The van der Waals surface area contributed by atoms with E-state index >= 15 is 0 Å². The maximum Gasteiger partial charge on any atom is 0.224 e. The summed E-state index contributed by atoms with van der Waals surface area (Å²) >= 11 is 0. The quantitative estimate of drug-likeness (QED) is 0.919. The second kappa shape index (κ2) is 5.96. The topological polar surface area (TPSA) is 38.3 Å². The fourth-order valence-corrected chi connectivity index (χ4v) is 3.50. The molecule has 3 rings (SSSR count). The third-order valence-corrected chi connectivity index (χ3v) is 4.65. The van der Waals surface area contributed by atoms with E-state index in [1.54, 1.807) is 0 Å². The minimum absolute atomic E-state index is 0.143. The van der Waals surface area contributed by atoms with Gasteiger partial charge in [-0.15, -0.1) is 0 Å². The van der Waals surface area contributed by atoms with E-state index in [4.69, 9.17) is 4.74 Å². The van der Waals surface area contributed by atoms with Crippen LogP contribution in [0.3, 0.4) is 0 Å². The number of carbonyl (C=O) groups is 1. The first-order chi connectivity index (χ1) is 9.76. The van der Waals surface area contributed by atoms with E-state index < -0.39 is 0 Å². The summed E-state index contributed by atoms with van der Waals surface area (Å²) in [5, 5.41) is 3.18. The van der Waals surface area contributed by atoms with Gasteiger partial charge in [0, 0.05) is 12.6 Å². The minimum Gasteiger partial charge on any atom is -0.375 e. The summed E-state index contributed by atoms with van der Waals surface area (Å²) in [7, 11) is 0. The minimum atomic E-state index is 0.143. The molecule has 0 atom stereocenters. The van der Waals surface area contributed by atoms with Gasteiger partial charge in [0.2, 0.25) is 5.91 Å². The molecule has 0 radical (unpaired) electrons. The number of ether oxygens (including phenoxy) is 1. The summed E-state index contributed by atoms with van der Waals surface area (Å²) in [4.78, 5) is 12.1. The van der Waals surface area contributed by atoms with Crippen molar-refractivity contribution in [3.05, 3.63) is 35.9 Å². The Morgan fingerprint density at radius 2 is 1.95 bits per heavy atom. The van der Waals surface area contributed by atoms with Crippen LogP contribution in [0, 0.1) is 0 Å². The average Bonchev–Trinajstić information content (AvgIpc) is 2.91. The summed E-state index contributed by atoms with van der Waals surface area (Å²) < 4.78 is 5.92. The highest BCUT2D eigenvalue weighted by molar-refractivity contribution is 5.78. The molecule has 0 bridgehead atoms. The number of nitrogens with one attached hydrogen (secondary N) is 1. The molecule has 1 amide bonds. The monoisotopic (exact) mass is 273 g/mol. The fraction of sp³-hybridized carbons (Fsp3) is 0.588. The van der Waals surface area contributed by atoms with Crippen LogP contribution in [0.1, 0.15) is 44.1 Å². The highest BCUT2D eigenvalue weighted by Crippen LogP contribution is 2.39. The molecule has 1 saturated carbocycles. The number of benzene rings is 1. The van der Waals surface area contributed by atoms with E-state index in [1.807, 2.05) is 30.3 Å². The van der Waals surface area contributed by atoms with E-state index in [0.29, 0.717) is 12.5 Å². The molecule has 3 nitrogen and oxygen atoms in total. The van der Waals surface area contributed by atoms with Crippen molar-refractivity contribution >= 4 is 5.91 Å². The molecule has 1 spiro atoms. The maximum absolute atomic E-state index is 12.1. The molecule has 1 saturated heterocycles. The van der Waals surface area contributed by atoms with Gasteiger partial charge in [0.15, 0.2) is 0 Å². The Hall–Kier alpha value is -1.35. The Morgan fingerprint density at radius 1 is 1.20 bits per heavy atom. The van der Waals surface area contributed by atoms with Crippen molar-refractivity contribution in [3.63, 3.8) is 0 Å². The lowest BCUT2D eigenvalue weighted by Gasteiger charge is -2.36. The van der Waals surface area contributed by atoms with Crippen LogP contribution in [0.25, 0.3) is 0 Å². The molecule has 0 aromatic heterocycles. The molecule has 1 aliphatic carbocycles.